The molecule has 3 rings (SSSR count). The molecule has 3 aromatic rings. The Kier molecular flexibility index (Phi) is 3.64. The normalized spacial score (nSPS) is 11.3. The van der Waals surface area contributed by atoms with E-state index in [0.717, 1.165) is 5.39 Å². The number of aromatic nitrogens is 2. The van der Waals surface area contributed by atoms with Crippen molar-refractivity contribution >= 4 is 26.5 Å². The highest BCUT2D eigenvalue weighted by molar-refractivity contribution is 7.93. The van der Waals surface area contributed by atoms with Crippen molar-refractivity contribution < 1.29 is 13.2 Å². The van der Waals surface area contributed by atoms with E-state index in [1.54, 1.807) is 24.3 Å². The van der Waals surface area contributed by atoms with Gasteiger partial charge in [-0.2, -0.15) is 0 Å². The lowest BCUT2D eigenvalue weighted by molar-refractivity contribution is 0.380. The van der Waals surface area contributed by atoms with Crippen molar-refractivity contribution in [1.29, 1.82) is 0 Å². The van der Waals surface area contributed by atoms with E-state index in [0.29, 0.717) is 5.39 Å². The number of sulfonamides is 1. The van der Waals surface area contributed by atoms with Crippen molar-refractivity contribution in [1.82, 2.24) is 9.97 Å². The second-order valence-corrected chi connectivity index (χ2v) is 6.19. The summed E-state index contributed by atoms with van der Waals surface area (Å²) in [5.74, 6) is 0. The van der Waals surface area contributed by atoms with Crippen LogP contribution < -0.4 is 9.46 Å². The van der Waals surface area contributed by atoms with Crippen molar-refractivity contribution in [2.24, 2.45) is 0 Å². The van der Waals surface area contributed by atoms with Gasteiger partial charge < -0.3 is 4.74 Å². The molecule has 112 valence electrons. The zero-order valence-electron chi connectivity index (χ0n) is 11.7. The molecule has 0 unspecified atom stereocenters. The van der Waals surface area contributed by atoms with E-state index in [1.807, 2.05) is 18.2 Å². The van der Waals surface area contributed by atoms with Gasteiger partial charge in [0.05, 0.1) is 30.1 Å². The van der Waals surface area contributed by atoms with Crippen LogP contribution in [0.25, 0.3) is 10.8 Å². The zero-order chi connectivity index (χ0) is 15.6. The van der Waals surface area contributed by atoms with Crippen LogP contribution in [-0.4, -0.2) is 25.5 Å². The van der Waals surface area contributed by atoms with Gasteiger partial charge in [-0.05, 0) is 11.5 Å². The molecule has 0 spiro atoms. The van der Waals surface area contributed by atoms with E-state index < -0.39 is 10.0 Å². The summed E-state index contributed by atoms with van der Waals surface area (Å²) in [6.07, 6.45) is 2.71. The molecule has 0 aliphatic heterocycles. The second kappa shape index (κ2) is 5.61. The van der Waals surface area contributed by atoms with Crippen LogP contribution in [-0.2, 0) is 10.0 Å². The van der Waals surface area contributed by atoms with E-state index in [1.165, 1.54) is 19.5 Å². The summed E-state index contributed by atoms with van der Waals surface area (Å²) in [7, 11) is -2.29. The molecule has 0 radical (unpaired) electrons. The smallest absolute Gasteiger partial charge is 0.316 e. The average molecular weight is 315 g/mol. The van der Waals surface area contributed by atoms with E-state index in [4.69, 9.17) is 4.74 Å². The maximum absolute atomic E-state index is 12.6. The predicted molar refractivity (Wildman–Crippen MR) is 83.3 cm³/mol. The molecule has 7 heteroatoms. The van der Waals surface area contributed by atoms with Crippen LogP contribution in [0.4, 0.5) is 5.69 Å². The number of rotatable bonds is 4. The topological polar surface area (TPSA) is 81.2 Å². The largest absolute Gasteiger partial charge is 0.467 e. The molecule has 0 aliphatic carbocycles. The first-order valence-corrected chi connectivity index (χ1v) is 7.95. The molecule has 2 aromatic carbocycles. The first kappa shape index (κ1) is 14.3. The van der Waals surface area contributed by atoms with Gasteiger partial charge in [-0.25, -0.2) is 18.4 Å². The van der Waals surface area contributed by atoms with Crippen LogP contribution in [0.1, 0.15) is 0 Å². The maximum Gasteiger partial charge on any atom is 0.316 e. The van der Waals surface area contributed by atoms with E-state index in [2.05, 4.69) is 14.7 Å². The van der Waals surface area contributed by atoms with Crippen molar-refractivity contribution in [3.63, 3.8) is 0 Å². The maximum atomic E-state index is 12.6. The number of hydrogen-bond acceptors (Lipinski definition) is 5. The van der Waals surface area contributed by atoms with Crippen molar-refractivity contribution in [2.45, 2.75) is 4.90 Å². The van der Waals surface area contributed by atoms with Crippen molar-refractivity contribution in [3.05, 3.63) is 54.9 Å². The van der Waals surface area contributed by atoms with Crippen molar-refractivity contribution in [2.75, 3.05) is 11.8 Å². The van der Waals surface area contributed by atoms with Gasteiger partial charge in [-0.3, -0.25) is 4.72 Å². The van der Waals surface area contributed by atoms with Crippen LogP contribution in [0, 0.1) is 0 Å². The van der Waals surface area contributed by atoms with Crippen LogP contribution >= 0.6 is 0 Å². The Balaban J connectivity index is 2.01. The van der Waals surface area contributed by atoms with Gasteiger partial charge in [0.2, 0.25) is 0 Å². The Labute approximate surface area is 127 Å². The molecule has 0 amide bonds. The number of ether oxygens (including phenoxy) is 1. The van der Waals surface area contributed by atoms with E-state index in [9.17, 15) is 8.42 Å². The minimum atomic E-state index is -3.73. The Morgan fingerprint density at radius 3 is 2.41 bits per heavy atom. The summed E-state index contributed by atoms with van der Waals surface area (Å²) in [5.41, 5.74) is 0.272. The van der Waals surface area contributed by atoms with Gasteiger partial charge in [-0.1, -0.05) is 36.4 Å². The third-order valence-corrected chi connectivity index (χ3v) is 4.54. The second-order valence-electron chi connectivity index (χ2n) is 4.54. The van der Waals surface area contributed by atoms with E-state index in [-0.39, 0.29) is 16.6 Å². The quantitative estimate of drug-likeness (QED) is 0.799. The fourth-order valence-corrected chi connectivity index (χ4v) is 3.37. The van der Waals surface area contributed by atoms with Crippen LogP contribution in [0.5, 0.6) is 6.01 Å². The third-order valence-electron chi connectivity index (χ3n) is 3.10. The summed E-state index contributed by atoms with van der Waals surface area (Å²) in [6, 6.07) is 12.6. The average Bonchev–Trinajstić information content (AvgIpc) is 2.54. The number of nitrogens with zero attached hydrogens (tertiary/aromatic N) is 2. The van der Waals surface area contributed by atoms with Gasteiger partial charge in [0.1, 0.15) is 0 Å². The number of hydrogen-bond donors (Lipinski definition) is 1. The van der Waals surface area contributed by atoms with Crippen molar-refractivity contribution in [3.8, 4) is 6.01 Å². The van der Waals surface area contributed by atoms with Gasteiger partial charge in [0.25, 0.3) is 10.0 Å². The minimum Gasteiger partial charge on any atom is -0.467 e. The van der Waals surface area contributed by atoms with Gasteiger partial charge in [0.15, 0.2) is 0 Å². The molecule has 22 heavy (non-hydrogen) atoms. The highest BCUT2D eigenvalue weighted by Gasteiger charge is 2.17. The molecule has 0 aliphatic rings. The fourth-order valence-electron chi connectivity index (χ4n) is 2.11. The summed E-state index contributed by atoms with van der Waals surface area (Å²) < 4.78 is 32.5. The molecular formula is C15H13N3O3S. The lowest BCUT2D eigenvalue weighted by atomic mass is 10.1. The Morgan fingerprint density at radius 2 is 1.68 bits per heavy atom. The van der Waals surface area contributed by atoms with Crippen LogP contribution in [0.2, 0.25) is 0 Å². The summed E-state index contributed by atoms with van der Waals surface area (Å²) >= 11 is 0. The zero-order valence-corrected chi connectivity index (χ0v) is 12.5. The number of fused-ring (bicyclic) bond motifs is 1. The molecule has 0 saturated heterocycles. The number of benzene rings is 2. The molecule has 1 heterocycles. The highest BCUT2D eigenvalue weighted by Crippen LogP contribution is 2.24. The Morgan fingerprint density at radius 1 is 1.00 bits per heavy atom. The van der Waals surface area contributed by atoms with Gasteiger partial charge >= 0.3 is 6.01 Å². The number of nitrogens with one attached hydrogen (secondary N) is 1. The van der Waals surface area contributed by atoms with E-state index >= 15 is 0 Å². The third kappa shape index (κ3) is 2.71. The summed E-state index contributed by atoms with van der Waals surface area (Å²) in [4.78, 5) is 7.96. The molecule has 1 N–H and O–H groups in total. The molecule has 0 atom stereocenters. The lowest BCUT2D eigenvalue weighted by Gasteiger charge is -2.10. The first-order chi connectivity index (χ1) is 10.6. The monoisotopic (exact) mass is 315 g/mol. The molecule has 0 bridgehead atoms. The molecule has 0 fully saturated rings. The number of anilines is 1. The SMILES string of the molecule is COc1ncc(NS(=O)(=O)c2cccc3ccccc23)cn1. The standard InChI is InChI=1S/C15H13N3O3S/c1-21-15-16-9-12(10-17-15)18-22(19,20)14-8-4-6-11-5-2-3-7-13(11)14/h2-10,18H,1H3. The first-order valence-electron chi connectivity index (χ1n) is 6.47. The molecular weight excluding hydrogens is 302 g/mol. The lowest BCUT2D eigenvalue weighted by Crippen LogP contribution is -2.13. The summed E-state index contributed by atoms with van der Waals surface area (Å²) in [6.45, 7) is 0. The van der Waals surface area contributed by atoms with Crippen LogP contribution in [0.15, 0.2) is 59.8 Å². The Bertz CT molecular complexity index is 903. The van der Waals surface area contributed by atoms with Crippen LogP contribution in [0.3, 0.4) is 0 Å². The number of methoxy groups -OCH3 is 1. The van der Waals surface area contributed by atoms with Gasteiger partial charge in [-0.15, -0.1) is 0 Å². The minimum absolute atomic E-state index is 0.174. The highest BCUT2D eigenvalue weighted by atomic mass is 32.2. The fraction of sp³-hybridized carbons (Fsp3) is 0.0667. The molecule has 1 aromatic heterocycles. The Hall–Kier alpha value is -2.67. The summed E-state index contributed by atoms with van der Waals surface area (Å²) in [5, 5.41) is 1.52. The predicted octanol–water partition coefficient (Wildman–Crippen LogP) is 2.44. The van der Waals surface area contributed by atoms with Gasteiger partial charge in [0, 0.05) is 5.39 Å². The molecule has 0 saturated carbocycles. The molecule has 6 nitrogen and oxygen atoms in total.